The topological polar surface area (TPSA) is 96.0 Å². The largest absolute Gasteiger partial charge is 0.494 e. The fraction of sp³-hybridized carbons (Fsp3) is 0.278. The molecule has 1 atom stereocenters. The number of carbonyl (C=O) groups is 2. The molecule has 47 heavy (non-hydrogen) atoms. The van der Waals surface area contributed by atoms with Crippen LogP contribution >= 0.6 is 0 Å². The average molecular weight is 664 g/mol. The van der Waals surface area contributed by atoms with Gasteiger partial charge in [0, 0.05) is 18.5 Å². The van der Waals surface area contributed by atoms with E-state index in [4.69, 9.17) is 4.74 Å². The van der Waals surface area contributed by atoms with Gasteiger partial charge in [-0.15, -0.1) is 0 Å². The van der Waals surface area contributed by atoms with Crippen molar-refractivity contribution in [1.82, 2.24) is 10.2 Å². The van der Waals surface area contributed by atoms with Crippen molar-refractivity contribution >= 4 is 27.5 Å². The molecule has 4 rings (SSSR count). The average Bonchev–Trinajstić information content (AvgIpc) is 3.03. The van der Waals surface area contributed by atoms with Crippen molar-refractivity contribution < 1.29 is 31.5 Å². The predicted molar refractivity (Wildman–Crippen MR) is 177 cm³/mol. The first-order valence-electron chi connectivity index (χ1n) is 15.2. The van der Waals surface area contributed by atoms with Crippen LogP contribution in [-0.4, -0.2) is 49.9 Å². The summed E-state index contributed by atoms with van der Waals surface area (Å²) in [6.45, 7) is 6.81. The van der Waals surface area contributed by atoms with E-state index in [1.165, 1.54) is 65.6 Å². The molecule has 0 aliphatic rings. The van der Waals surface area contributed by atoms with Gasteiger partial charge >= 0.3 is 0 Å². The number of benzene rings is 4. The molecule has 0 aliphatic carbocycles. The highest BCUT2D eigenvalue weighted by molar-refractivity contribution is 7.92. The Bertz CT molecular complexity index is 1740. The molecule has 0 heterocycles. The molecule has 0 aliphatic heterocycles. The summed E-state index contributed by atoms with van der Waals surface area (Å²) in [4.78, 5) is 29.6. The van der Waals surface area contributed by atoms with Crippen LogP contribution < -0.4 is 14.4 Å². The standard InChI is InChI=1S/C36H39F2N3O5S/c1-5-46-31-19-21-32(22-20-31)47(44,45)41(30-17-15-29(38)16-18-30)25-34(42)40(24-27-11-13-28(37)14-12-27)33(35(43)39-36(2,3)4)23-26-9-7-6-8-10-26/h6-22,33H,5,23-25H2,1-4H3,(H,39,43)/t33-/m0/s1. The molecule has 0 aromatic heterocycles. The molecule has 8 nitrogen and oxygen atoms in total. The number of anilines is 1. The second kappa shape index (κ2) is 15.2. The molecule has 11 heteroatoms. The van der Waals surface area contributed by atoms with E-state index in [0.717, 1.165) is 22.0 Å². The number of nitrogens with zero attached hydrogens (tertiary/aromatic N) is 2. The first-order chi connectivity index (χ1) is 22.3. The normalized spacial score (nSPS) is 12.2. The Morgan fingerprint density at radius 1 is 0.809 bits per heavy atom. The minimum atomic E-state index is -4.38. The van der Waals surface area contributed by atoms with Crippen molar-refractivity contribution in [2.45, 2.75) is 57.1 Å². The number of hydrogen-bond acceptors (Lipinski definition) is 5. The molecule has 2 amide bonds. The van der Waals surface area contributed by atoms with Crippen LogP contribution in [0, 0.1) is 11.6 Å². The Labute approximate surface area is 275 Å². The van der Waals surface area contributed by atoms with Crippen molar-refractivity contribution in [2.75, 3.05) is 17.5 Å². The summed E-state index contributed by atoms with van der Waals surface area (Å²) in [7, 11) is -4.38. The molecule has 0 saturated carbocycles. The van der Waals surface area contributed by atoms with Crippen LogP contribution in [0.4, 0.5) is 14.5 Å². The first kappa shape index (κ1) is 35.1. The fourth-order valence-corrected chi connectivity index (χ4v) is 6.35. The van der Waals surface area contributed by atoms with Gasteiger partial charge in [0.1, 0.15) is 30.0 Å². The highest BCUT2D eigenvalue weighted by Crippen LogP contribution is 2.27. The van der Waals surface area contributed by atoms with Crippen LogP contribution in [-0.2, 0) is 32.6 Å². The van der Waals surface area contributed by atoms with Gasteiger partial charge in [-0.2, -0.15) is 0 Å². The minimum absolute atomic E-state index is 0.0501. The maximum atomic E-state index is 14.5. The van der Waals surface area contributed by atoms with Gasteiger partial charge in [-0.1, -0.05) is 42.5 Å². The van der Waals surface area contributed by atoms with Gasteiger partial charge in [-0.3, -0.25) is 13.9 Å². The van der Waals surface area contributed by atoms with Crippen molar-refractivity contribution in [1.29, 1.82) is 0 Å². The zero-order chi connectivity index (χ0) is 34.2. The number of sulfonamides is 1. The molecule has 4 aromatic rings. The lowest BCUT2D eigenvalue weighted by atomic mass is 10.0. The summed E-state index contributed by atoms with van der Waals surface area (Å²) in [6, 6.07) is 24.1. The number of ether oxygens (including phenoxy) is 1. The van der Waals surface area contributed by atoms with Gasteiger partial charge in [0.15, 0.2) is 0 Å². The fourth-order valence-electron chi connectivity index (χ4n) is 4.93. The number of hydrogen-bond donors (Lipinski definition) is 1. The minimum Gasteiger partial charge on any atom is -0.494 e. The predicted octanol–water partition coefficient (Wildman–Crippen LogP) is 6.11. The quantitative estimate of drug-likeness (QED) is 0.186. The van der Waals surface area contributed by atoms with Crippen LogP contribution in [0.3, 0.4) is 0 Å². The van der Waals surface area contributed by atoms with E-state index in [9.17, 15) is 26.8 Å². The molecular weight excluding hydrogens is 624 g/mol. The lowest BCUT2D eigenvalue weighted by Crippen LogP contribution is -2.56. The molecule has 1 N–H and O–H groups in total. The van der Waals surface area contributed by atoms with Crippen molar-refractivity contribution in [2.24, 2.45) is 0 Å². The van der Waals surface area contributed by atoms with E-state index in [1.807, 2.05) is 51.1 Å². The van der Waals surface area contributed by atoms with Gasteiger partial charge in [0.25, 0.3) is 10.0 Å². The van der Waals surface area contributed by atoms with Crippen molar-refractivity contribution in [3.05, 3.63) is 126 Å². The van der Waals surface area contributed by atoms with E-state index < -0.39 is 51.6 Å². The molecule has 0 spiro atoms. The number of rotatable bonds is 13. The third-order valence-corrected chi connectivity index (χ3v) is 8.94. The van der Waals surface area contributed by atoms with Gasteiger partial charge < -0.3 is 15.0 Å². The first-order valence-corrected chi connectivity index (χ1v) is 16.6. The van der Waals surface area contributed by atoms with Crippen LogP contribution in [0.2, 0.25) is 0 Å². The summed E-state index contributed by atoms with van der Waals surface area (Å²) in [5.41, 5.74) is 0.711. The second-order valence-electron chi connectivity index (χ2n) is 12.0. The SMILES string of the molecule is CCOc1ccc(S(=O)(=O)N(CC(=O)N(Cc2ccc(F)cc2)[C@@H](Cc2ccccc2)C(=O)NC(C)(C)C)c2ccc(F)cc2)cc1. The Kier molecular flexibility index (Phi) is 11.4. The van der Waals surface area contributed by atoms with Crippen molar-refractivity contribution in [3.63, 3.8) is 0 Å². The molecule has 0 radical (unpaired) electrons. The van der Waals surface area contributed by atoms with E-state index in [0.29, 0.717) is 17.9 Å². The maximum absolute atomic E-state index is 14.5. The van der Waals surface area contributed by atoms with Gasteiger partial charge in [-0.25, -0.2) is 17.2 Å². The summed E-state index contributed by atoms with van der Waals surface area (Å²) in [5, 5.41) is 2.95. The highest BCUT2D eigenvalue weighted by Gasteiger charge is 2.35. The Balaban J connectivity index is 1.80. The number of carbonyl (C=O) groups excluding carboxylic acids is 2. The van der Waals surface area contributed by atoms with Crippen LogP contribution in [0.15, 0.2) is 108 Å². The van der Waals surface area contributed by atoms with Gasteiger partial charge in [0.05, 0.1) is 17.2 Å². The van der Waals surface area contributed by atoms with E-state index in [2.05, 4.69) is 5.32 Å². The summed E-state index contributed by atoms with van der Waals surface area (Å²) in [6.07, 6.45) is 0.123. The molecule has 248 valence electrons. The molecule has 0 bridgehead atoms. The molecule has 0 fully saturated rings. The smallest absolute Gasteiger partial charge is 0.264 e. The monoisotopic (exact) mass is 663 g/mol. The van der Waals surface area contributed by atoms with Gasteiger partial charge in [-0.05, 0) is 99.5 Å². The molecular formula is C36H39F2N3O5S. The summed E-state index contributed by atoms with van der Waals surface area (Å²) in [5.74, 6) is -1.73. The Morgan fingerprint density at radius 3 is 1.94 bits per heavy atom. The van der Waals surface area contributed by atoms with Crippen molar-refractivity contribution in [3.8, 4) is 5.75 Å². The van der Waals surface area contributed by atoms with Gasteiger partial charge in [0.2, 0.25) is 11.8 Å². The maximum Gasteiger partial charge on any atom is 0.264 e. The lowest BCUT2D eigenvalue weighted by molar-refractivity contribution is -0.140. The Morgan fingerprint density at radius 2 is 1.38 bits per heavy atom. The third-order valence-electron chi connectivity index (χ3n) is 7.15. The zero-order valence-corrected chi connectivity index (χ0v) is 27.6. The van der Waals surface area contributed by atoms with Crippen LogP contribution in [0.1, 0.15) is 38.8 Å². The number of amides is 2. The third kappa shape index (κ3) is 9.62. The summed E-state index contributed by atoms with van der Waals surface area (Å²) < 4.78 is 62.4. The van der Waals surface area contributed by atoms with E-state index in [1.54, 1.807) is 6.92 Å². The highest BCUT2D eigenvalue weighted by atomic mass is 32.2. The summed E-state index contributed by atoms with van der Waals surface area (Å²) >= 11 is 0. The van der Waals surface area contributed by atoms with E-state index in [-0.39, 0.29) is 23.5 Å². The second-order valence-corrected chi connectivity index (χ2v) is 13.8. The number of halogens is 2. The van der Waals surface area contributed by atoms with Crippen LogP contribution in [0.5, 0.6) is 5.75 Å². The van der Waals surface area contributed by atoms with Crippen LogP contribution in [0.25, 0.3) is 0 Å². The molecule has 0 saturated heterocycles. The Hall–Kier alpha value is -4.77. The van der Waals surface area contributed by atoms with E-state index >= 15 is 0 Å². The number of nitrogens with one attached hydrogen (secondary N) is 1. The molecule has 4 aromatic carbocycles. The molecule has 0 unspecified atom stereocenters. The zero-order valence-electron chi connectivity index (χ0n) is 26.8. The lowest BCUT2D eigenvalue weighted by Gasteiger charge is -2.35.